The van der Waals surface area contributed by atoms with Crippen molar-refractivity contribution in [1.29, 1.82) is 0 Å². The molecule has 1 aromatic carbocycles. The van der Waals surface area contributed by atoms with E-state index in [1.807, 2.05) is 4.90 Å². The van der Waals surface area contributed by atoms with Crippen LogP contribution in [0.3, 0.4) is 0 Å². The molecule has 1 aliphatic carbocycles. The van der Waals surface area contributed by atoms with Crippen molar-refractivity contribution in [2.75, 3.05) is 6.54 Å². The highest BCUT2D eigenvalue weighted by molar-refractivity contribution is 7.92. The first kappa shape index (κ1) is 19.6. The number of sulfone groups is 1. The molecule has 0 spiro atoms. The van der Waals surface area contributed by atoms with Gasteiger partial charge in [0, 0.05) is 12.1 Å². The fourth-order valence-corrected chi connectivity index (χ4v) is 5.12. The Morgan fingerprint density at radius 3 is 2.23 bits per heavy atom. The summed E-state index contributed by atoms with van der Waals surface area (Å²) in [5.41, 5.74) is -5.54. The molecule has 6 nitrogen and oxygen atoms in total. The van der Waals surface area contributed by atoms with Crippen molar-refractivity contribution in [3.05, 3.63) is 23.8 Å². The van der Waals surface area contributed by atoms with Gasteiger partial charge in [-0.1, -0.05) is 12.5 Å². The molecule has 1 saturated heterocycles. The van der Waals surface area contributed by atoms with Gasteiger partial charge >= 0.3 is 5.51 Å². The van der Waals surface area contributed by atoms with Crippen molar-refractivity contribution in [2.24, 2.45) is 5.14 Å². The van der Waals surface area contributed by atoms with E-state index < -0.39 is 41.2 Å². The van der Waals surface area contributed by atoms with Crippen LogP contribution in [0, 0.1) is 0 Å². The number of rotatable bonds is 4. The molecule has 1 aromatic rings. The first-order chi connectivity index (χ1) is 11.9. The zero-order valence-electron chi connectivity index (χ0n) is 13.7. The molecule has 26 heavy (non-hydrogen) atoms. The van der Waals surface area contributed by atoms with E-state index >= 15 is 0 Å². The van der Waals surface area contributed by atoms with E-state index in [2.05, 4.69) is 0 Å². The minimum Gasteiger partial charge on any atom is -0.293 e. The van der Waals surface area contributed by atoms with E-state index in [0.29, 0.717) is 19.0 Å². The lowest BCUT2D eigenvalue weighted by Gasteiger charge is -2.37. The Kier molecular flexibility index (Phi) is 4.87. The number of hydrogen-bond donors (Lipinski definition) is 1. The number of hydrogen-bond acceptors (Lipinski definition) is 5. The summed E-state index contributed by atoms with van der Waals surface area (Å²) in [6.07, 6.45) is 4.02. The quantitative estimate of drug-likeness (QED) is 0.819. The molecule has 11 heteroatoms. The van der Waals surface area contributed by atoms with Gasteiger partial charge in [-0.05, 0) is 49.9 Å². The van der Waals surface area contributed by atoms with Gasteiger partial charge in [0.15, 0.2) is 0 Å². The fraction of sp³-hybridized carbons (Fsp3) is 0.600. The van der Waals surface area contributed by atoms with Crippen molar-refractivity contribution < 1.29 is 30.0 Å². The SMILES string of the molecule is NS(=O)(=O)c1ccc(C2CCCCN2C2CC2)c(S(=O)(=O)C(F)(F)F)c1. The molecule has 0 bridgehead atoms. The second kappa shape index (κ2) is 6.47. The molecule has 0 radical (unpaired) electrons. The van der Waals surface area contributed by atoms with Crippen molar-refractivity contribution in [1.82, 2.24) is 4.90 Å². The Hall–Kier alpha value is -1.17. The van der Waals surface area contributed by atoms with E-state index in [0.717, 1.165) is 37.8 Å². The number of halogens is 3. The Balaban J connectivity index is 2.18. The Labute approximate surface area is 150 Å². The number of alkyl halides is 3. The molecule has 2 N–H and O–H groups in total. The Morgan fingerprint density at radius 2 is 1.69 bits per heavy atom. The summed E-state index contributed by atoms with van der Waals surface area (Å²) in [5.74, 6) is 0. The molecule has 3 rings (SSSR count). The minimum atomic E-state index is -5.71. The van der Waals surface area contributed by atoms with E-state index in [9.17, 15) is 30.0 Å². The lowest BCUT2D eigenvalue weighted by molar-refractivity contribution is -0.0437. The zero-order chi connectivity index (χ0) is 19.3. The van der Waals surface area contributed by atoms with Crippen LogP contribution in [0.25, 0.3) is 0 Å². The van der Waals surface area contributed by atoms with Gasteiger partial charge in [-0.25, -0.2) is 22.0 Å². The molecule has 1 saturated carbocycles. The van der Waals surface area contributed by atoms with Crippen LogP contribution in [0.15, 0.2) is 28.0 Å². The van der Waals surface area contributed by atoms with E-state index in [-0.39, 0.29) is 11.6 Å². The van der Waals surface area contributed by atoms with Crippen molar-refractivity contribution in [3.8, 4) is 0 Å². The third-order valence-corrected chi connectivity index (χ3v) is 7.28. The lowest BCUT2D eigenvalue weighted by Crippen LogP contribution is -2.36. The van der Waals surface area contributed by atoms with Gasteiger partial charge in [0.25, 0.3) is 9.84 Å². The number of nitrogens with zero attached hydrogens (tertiary/aromatic N) is 1. The third-order valence-electron chi connectivity index (χ3n) is 4.83. The minimum absolute atomic E-state index is 0.0127. The van der Waals surface area contributed by atoms with Crippen LogP contribution in [-0.2, 0) is 19.9 Å². The van der Waals surface area contributed by atoms with Gasteiger partial charge in [0.2, 0.25) is 10.0 Å². The highest BCUT2D eigenvalue weighted by Gasteiger charge is 2.49. The van der Waals surface area contributed by atoms with Gasteiger partial charge < -0.3 is 0 Å². The van der Waals surface area contributed by atoms with Gasteiger partial charge in [0.05, 0.1) is 9.79 Å². The number of likely N-dealkylation sites (tertiary alicyclic amines) is 1. The molecule has 2 fully saturated rings. The van der Waals surface area contributed by atoms with Gasteiger partial charge in [-0.15, -0.1) is 0 Å². The third kappa shape index (κ3) is 3.62. The maximum absolute atomic E-state index is 13.2. The van der Waals surface area contributed by atoms with E-state index in [1.54, 1.807) is 0 Å². The lowest BCUT2D eigenvalue weighted by atomic mass is 9.95. The van der Waals surface area contributed by atoms with Crippen LogP contribution in [0.1, 0.15) is 43.7 Å². The number of benzene rings is 1. The van der Waals surface area contributed by atoms with Crippen molar-refractivity contribution in [2.45, 2.75) is 59.5 Å². The summed E-state index contributed by atoms with van der Waals surface area (Å²) in [4.78, 5) is 0.358. The monoisotopic (exact) mass is 412 g/mol. The topological polar surface area (TPSA) is 97.5 Å². The molecular weight excluding hydrogens is 393 g/mol. The summed E-state index contributed by atoms with van der Waals surface area (Å²) in [6.45, 7) is 0.678. The summed E-state index contributed by atoms with van der Waals surface area (Å²) in [6, 6.07) is 2.51. The second-order valence-electron chi connectivity index (χ2n) is 6.67. The number of nitrogens with two attached hydrogens (primary N) is 1. The number of piperidine rings is 1. The highest BCUT2D eigenvalue weighted by atomic mass is 32.2. The highest BCUT2D eigenvalue weighted by Crippen LogP contribution is 2.43. The molecule has 146 valence electrons. The molecular formula is C15H19F3N2O4S2. The summed E-state index contributed by atoms with van der Waals surface area (Å²) < 4.78 is 86.8. The first-order valence-corrected chi connectivity index (χ1v) is 11.2. The maximum atomic E-state index is 13.2. The summed E-state index contributed by atoms with van der Waals surface area (Å²) in [7, 11) is -10.1. The standard InChI is InChI=1S/C15H19F3N2O4S2/c16-15(17,18)25(21,22)14-9-11(26(19,23)24)6-7-12(14)13-3-1-2-8-20(13)10-4-5-10/h6-7,9-10,13H,1-5,8H2,(H2,19,23,24). The van der Waals surface area contributed by atoms with Crippen LogP contribution in [0.2, 0.25) is 0 Å². The summed E-state index contributed by atoms with van der Waals surface area (Å²) in [5, 5.41) is 4.98. The van der Waals surface area contributed by atoms with Gasteiger partial charge in [-0.2, -0.15) is 13.2 Å². The van der Waals surface area contributed by atoms with Gasteiger partial charge in [-0.3, -0.25) is 4.90 Å². The van der Waals surface area contributed by atoms with Crippen LogP contribution >= 0.6 is 0 Å². The average Bonchev–Trinajstić information content (AvgIpc) is 3.37. The van der Waals surface area contributed by atoms with E-state index in [1.165, 1.54) is 0 Å². The predicted octanol–water partition coefficient (Wildman–Crippen LogP) is 2.32. The first-order valence-electron chi connectivity index (χ1n) is 8.17. The van der Waals surface area contributed by atoms with Crippen LogP contribution in [-0.4, -0.2) is 39.8 Å². The van der Waals surface area contributed by atoms with Crippen molar-refractivity contribution >= 4 is 19.9 Å². The van der Waals surface area contributed by atoms with Crippen molar-refractivity contribution in [3.63, 3.8) is 0 Å². The largest absolute Gasteiger partial charge is 0.501 e. The van der Waals surface area contributed by atoms with Crippen LogP contribution in [0.4, 0.5) is 13.2 Å². The van der Waals surface area contributed by atoms with E-state index in [4.69, 9.17) is 5.14 Å². The molecule has 1 atom stereocenters. The fourth-order valence-electron chi connectivity index (χ4n) is 3.46. The normalized spacial score (nSPS) is 23.2. The average molecular weight is 412 g/mol. The Bertz CT molecular complexity index is 909. The smallest absolute Gasteiger partial charge is 0.293 e. The molecule has 0 aromatic heterocycles. The predicted molar refractivity (Wildman–Crippen MR) is 87.4 cm³/mol. The molecule has 1 aliphatic heterocycles. The second-order valence-corrected chi connectivity index (χ2v) is 10.1. The maximum Gasteiger partial charge on any atom is 0.501 e. The van der Waals surface area contributed by atoms with Crippen LogP contribution < -0.4 is 5.14 Å². The summed E-state index contributed by atoms with van der Waals surface area (Å²) >= 11 is 0. The number of primary sulfonamides is 1. The molecule has 1 heterocycles. The Morgan fingerprint density at radius 1 is 1.04 bits per heavy atom. The number of sulfonamides is 1. The van der Waals surface area contributed by atoms with Gasteiger partial charge in [0.1, 0.15) is 0 Å². The molecule has 0 amide bonds. The van der Waals surface area contributed by atoms with Crippen LogP contribution in [0.5, 0.6) is 0 Å². The molecule has 2 aliphatic rings. The zero-order valence-corrected chi connectivity index (χ0v) is 15.4. The molecule has 1 unspecified atom stereocenters.